The summed E-state index contributed by atoms with van der Waals surface area (Å²) in [6.07, 6.45) is 8.69. The number of nitrogens with zero attached hydrogens (tertiary/aromatic N) is 3. The van der Waals surface area contributed by atoms with Crippen LogP contribution in [0.15, 0.2) is 30.7 Å². The van der Waals surface area contributed by atoms with E-state index in [4.69, 9.17) is 0 Å². The Morgan fingerprint density at radius 3 is 2.79 bits per heavy atom. The molecule has 0 amide bonds. The van der Waals surface area contributed by atoms with E-state index in [9.17, 15) is 0 Å². The first-order chi connectivity index (χ1) is 9.26. The van der Waals surface area contributed by atoms with Crippen molar-refractivity contribution < 1.29 is 0 Å². The van der Waals surface area contributed by atoms with Crippen molar-refractivity contribution >= 4 is 0 Å². The number of aromatic nitrogens is 3. The van der Waals surface area contributed by atoms with Crippen molar-refractivity contribution in [3.63, 3.8) is 0 Å². The van der Waals surface area contributed by atoms with Crippen LogP contribution in [0.1, 0.15) is 36.5 Å². The molecule has 1 N–H and O–H groups in total. The first-order valence-corrected chi connectivity index (χ1v) is 6.83. The predicted molar refractivity (Wildman–Crippen MR) is 76.9 cm³/mol. The van der Waals surface area contributed by atoms with Gasteiger partial charge in [-0.3, -0.25) is 4.98 Å². The first kappa shape index (κ1) is 13.7. The maximum absolute atomic E-state index is 4.55. The van der Waals surface area contributed by atoms with Gasteiger partial charge in [0.2, 0.25) is 0 Å². The Hall–Kier alpha value is -1.68. The first-order valence-electron chi connectivity index (χ1n) is 6.83. The Morgan fingerprint density at radius 2 is 2.16 bits per heavy atom. The summed E-state index contributed by atoms with van der Waals surface area (Å²) in [5, 5.41) is 3.38. The lowest BCUT2D eigenvalue weighted by atomic mass is 10.0. The fourth-order valence-electron chi connectivity index (χ4n) is 2.39. The van der Waals surface area contributed by atoms with Gasteiger partial charge >= 0.3 is 0 Å². The molecular weight excluding hydrogens is 236 g/mol. The zero-order valence-corrected chi connectivity index (χ0v) is 11.9. The molecule has 1 atom stereocenters. The fraction of sp³-hybridized carbons (Fsp3) is 0.467. The van der Waals surface area contributed by atoms with Gasteiger partial charge in [0.05, 0.1) is 5.69 Å². The Labute approximate surface area is 114 Å². The number of pyridine rings is 1. The summed E-state index contributed by atoms with van der Waals surface area (Å²) in [7, 11) is 4.03. The number of nitrogens with one attached hydrogen (secondary N) is 1. The summed E-state index contributed by atoms with van der Waals surface area (Å²) < 4.78 is 2.08. The second kappa shape index (κ2) is 6.48. The molecule has 4 nitrogen and oxygen atoms in total. The van der Waals surface area contributed by atoms with Crippen molar-refractivity contribution in [2.24, 2.45) is 7.05 Å². The minimum atomic E-state index is 0.285. The molecule has 0 aliphatic carbocycles. The third-order valence-electron chi connectivity index (χ3n) is 3.56. The molecule has 0 aromatic carbocycles. The van der Waals surface area contributed by atoms with Gasteiger partial charge in [0, 0.05) is 38.1 Å². The van der Waals surface area contributed by atoms with E-state index in [0.29, 0.717) is 0 Å². The molecular formula is C15H22N4. The number of aryl methyl sites for hydroxylation is 3. The van der Waals surface area contributed by atoms with E-state index in [-0.39, 0.29) is 6.04 Å². The number of hydrogen-bond donors (Lipinski definition) is 1. The summed E-state index contributed by atoms with van der Waals surface area (Å²) >= 11 is 0. The van der Waals surface area contributed by atoms with Crippen LogP contribution in [-0.2, 0) is 19.9 Å². The zero-order chi connectivity index (χ0) is 13.7. The van der Waals surface area contributed by atoms with Crippen molar-refractivity contribution in [1.29, 1.82) is 0 Å². The average molecular weight is 258 g/mol. The van der Waals surface area contributed by atoms with Crippen molar-refractivity contribution in [2.45, 2.75) is 32.2 Å². The van der Waals surface area contributed by atoms with E-state index in [1.165, 1.54) is 11.3 Å². The Kier molecular flexibility index (Phi) is 4.68. The van der Waals surface area contributed by atoms with Crippen LogP contribution >= 0.6 is 0 Å². The molecule has 2 heterocycles. The monoisotopic (exact) mass is 258 g/mol. The van der Waals surface area contributed by atoms with Crippen LogP contribution in [0.5, 0.6) is 0 Å². The van der Waals surface area contributed by atoms with Crippen LogP contribution in [0.3, 0.4) is 0 Å². The van der Waals surface area contributed by atoms with Gasteiger partial charge in [0.15, 0.2) is 0 Å². The Morgan fingerprint density at radius 1 is 1.32 bits per heavy atom. The van der Waals surface area contributed by atoms with E-state index in [0.717, 1.165) is 25.1 Å². The van der Waals surface area contributed by atoms with E-state index >= 15 is 0 Å². The predicted octanol–water partition coefficient (Wildman–Crippen LogP) is 2.27. The van der Waals surface area contributed by atoms with Crippen molar-refractivity contribution in [1.82, 2.24) is 19.9 Å². The molecule has 0 aliphatic rings. The largest absolute Gasteiger partial charge is 0.338 e. The highest BCUT2D eigenvalue weighted by atomic mass is 15.0. The molecule has 2 rings (SSSR count). The van der Waals surface area contributed by atoms with Crippen LogP contribution in [0.4, 0.5) is 0 Å². The van der Waals surface area contributed by atoms with Gasteiger partial charge in [-0.1, -0.05) is 13.0 Å². The number of hydrogen-bond acceptors (Lipinski definition) is 3. The summed E-state index contributed by atoms with van der Waals surface area (Å²) in [4.78, 5) is 8.93. The van der Waals surface area contributed by atoms with Gasteiger partial charge in [-0.25, -0.2) is 4.98 Å². The molecule has 19 heavy (non-hydrogen) atoms. The second-order valence-electron chi connectivity index (χ2n) is 4.74. The minimum absolute atomic E-state index is 0.285. The molecule has 0 saturated carbocycles. The molecule has 102 valence electrons. The fourth-order valence-corrected chi connectivity index (χ4v) is 2.39. The highest BCUT2D eigenvalue weighted by Gasteiger charge is 2.15. The normalized spacial score (nSPS) is 12.6. The van der Waals surface area contributed by atoms with Crippen LogP contribution in [-0.4, -0.2) is 21.6 Å². The molecule has 0 fully saturated rings. The van der Waals surface area contributed by atoms with Crippen LogP contribution in [0, 0.1) is 0 Å². The lowest BCUT2D eigenvalue weighted by Gasteiger charge is -2.18. The van der Waals surface area contributed by atoms with Gasteiger partial charge in [-0.05, 0) is 31.5 Å². The summed E-state index contributed by atoms with van der Waals surface area (Å²) in [6, 6.07) is 4.45. The molecule has 1 unspecified atom stereocenters. The van der Waals surface area contributed by atoms with Crippen LogP contribution in [0.2, 0.25) is 0 Å². The minimum Gasteiger partial charge on any atom is -0.338 e. The van der Waals surface area contributed by atoms with Gasteiger partial charge in [0.25, 0.3) is 0 Å². The average Bonchev–Trinajstić information content (AvgIpc) is 2.85. The Balaban J connectivity index is 2.10. The van der Waals surface area contributed by atoms with Crippen LogP contribution < -0.4 is 5.32 Å². The molecule has 4 heteroatoms. The van der Waals surface area contributed by atoms with Gasteiger partial charge in [-0.15, -0.1) is 0 Å². The lowest BCUT2D eigenvalue weighted by molar-refractivity contribution is 0.519. The van der Waals surface area contributed by atoms with Crippen molar-refractivity contribution in [3.05, 3.63) is 47.8 Å². The summed E-state index contributed by atoms with van der Waals surface area (Å²) in [6.45, 7) is 2.17. The molecule has 0 saturated heterocycles. The highest BCUT2D eigenvalue weighted by molar-refractivity contribution is 5.23. The van der Waals surface area contributed by atoms with E-state index in [2.05, 4.69) is 32.8 Å². The lowest BCUT2D eigenvalue weighted by Crippen LogP contribution is -2.20. The maximum atomic E-state index is 4.55. The molecule has 0 radical (unpaired) electrons. The van der Waals surface area contributed by atoms with Gasteiger partial charge in [-0.2, -0.15) is 0 Å². The topological polar surface area (TPSA) is 42.7 Å². The number of rotatable bonds is 6. The Bertz CT molecular complexity index is 518. The third kappa shape index (κ3) is 3.20. The van der Waals surface area contributed by atoms with Crippen molar-refractivity contribution in [2.75, 3.05) is 7.05 Å². The second-order valence-corrected chi connectivity index (χ2v) is 4.74. The summed E-state index contributed by atoms with van der Waals surface area (Å²) in [5.41, 5.74) is 2.49. The maximum Gasteiger partial charge on any atom is 0.108 e. The molecule has 0 spiro atoms. The van der Waals surface area contributed by atoms with Crippen LogP contribution in [0.25, 0.3) is 0 Å². The number of imidazole rings is 1. The molecule has 2 aromatic heterocycles. The van der Waals surface area contributed by atoms with Gasteiger partial charge < -0.3 is 9.88 Å². The third-order valence-corrected chi connectivity index (χ3v) is 3.56. The van der Waals surface area contributed by atoms with E-state index < -0.39 is 0 Å². The zero-order valence-electron chi connectivity index (χ0n) is 11.9. The SMILES string of the molecule is CCc1cccnc1C(CCc1nccn1C)NC. The van der Waals surface area contributed by atoms with Crippen molar-refractivity contribution in [3.8, 4) is 0 Å². The van der Waals surface area contributed by atoms with E-state index in [1.54, 1.807) is 0 Å². The molecule has 0 bridgehead atoms. The highest BCUT2D eigenvalue weighted by Crippen LogP contribution is 2.20. The van der Waals surface area contributed by atoms with Gasteiger partial charge in [0.1, 0.15) is 5.82 Å². The summed E-state index contributed by atoms with van der Waals surface area (Å²) in [5.74, 6) is 1.12. The van der Waals surface area contributed by atoms with E-state index in [1.807, 2.05) is 38.8 Å². The smallest absolute Gasteiger partial charge is 0.108 e. The standard InChI is InChI=1S/C15H22N4/c1-4-12-6-5-9-18-15(12)13(16-2)7-8-14-17-10-11-19(14)3/h5-6,9-11,13,16H,4,7-8H2,1-3H3. The quantitative estimate of drug-likeness (QED) is 0.864. The molecule has 2 aromatic rings. The molecule has 0 aliphatic heterocycles.